The van der Waals surface area contributed by atoms with E-state index in [2.05, 4.69) is 60.8 Å². The molecule has 1 aliphatic carbocycles. The molecule has 1 fully saturated rings. The Morgan fingerprint density at radius 2 is 2.04 bits per heavy atom. The first-order valence-electron chi connectivity index (χ1n) is 8.32. The number of halogens is 2. The fourth-order valence-corrected chi connectivity index (χ4v) is 3.54. The van der Waals surface area contributed by atoms with E-state index in [-0.39, 0.29) is 29.4 Å². The maximum atomic E-state index is 4.33. The lowest BCUT2D eigenvalue weighted by molar-refractivity contribution is 0.243. The Kier molecular flexibility index (Phi) is 7.68. The van der Waals surface area contributed by atoms with Crippen molar-refractivity contribution in [1.82, 2.24) is 15.6 Å². The molecule has 0 amide bonds. The van der Waals surface area contributed by atoms with E-state index >= 15 is 0 Å². The van der Waals surface area contributed by atoms with Gasteiger partial charge in [0.25, 0.3) is 0 Å². The summed E-state index contributed by atoms with van der Waals surface area (Å²) in [4.78, 5) is 8.66. The summed E-state index contributed by atoms with van der Waals surface area (Å²) in [5.74, 6) is 0.821. The molecule has 0 atom stereocenters. The summed E-state index contributed by atoms with van der Waals surface area (Å²) in [7, 11) is 1.81. The fraction of sp³-hybridized carbons (Fsp3) is 0.368. The molecule has 0 bridgehead atoms. The molecule has 4 nitrogen and oxygen atoms in total. The highest BCUT2D eigenvalue weighted by Crippen LogP contribution is 2.43. The molecule has 1 saturated carbocycles. The number of benzene rings is 1. The largest absolute Gasteiger partial charge is 0.356 e. The number of rotatable bonds is 5. The van der Waals surface area contributed by atoms with Gasteiger partial charge in [-0.15, -0.1) is 24.0 Å². The highest BCUT2D eigenvalue weighted by molar-refractivity contribution is 14.0. The monoisotopic (exact) mass is 514 g/mol. The maximum Gasteiger partial charge on any atom is 0.191 e. The molecule has 1 heterocycles. The van der Waals surface area contributed by atoms with Crippen molar-refractivity contribution in [3.63, 3.8) is 0 Å². The van der Waals surface area contributed by atoms with Crippen molar-refractivity contribution in [3.05, 3.63) is 64.4 Å². The van der Waals surface area contributed by atoms with E-state index < -0.39 is 0 Å². The maximum absolute atomic E-state index is 4.33. The predicted octanol–water partition coefficient (Wildman–Crippen LogP) is 4.25. The quantitative estimate of drug-likeness (QED) is 0.356. The number of hydrogen-bond donors (Lipinski definition) is 2. The number of guanidine groups is 1. The number of aromatic nitrogens is 1. The van der Waals surface area contributed by atoms with Gasteiger partial charge >= 0.3 is 0 Å². The molecule has 0 spiro atoms. The molecule has 2 aromatic rings. The number of nitrogens with zero attached hydrogens (tertiary/aromatic N) is 2. The molecule has 2 N–H and O–H groups in total. The summed E-state index contributed by atoms with van der Waals surface area (Å²) in [6.07, 6.45) is 5.53. The van der Waals surface area contributed by atoms with Gasteiger partial charge in [0.1, 0.15) is 0 Å². The highest BCUT2D eigenvalue weighted by atomic mass is 127. The predicted molar refractivity (Wildman–Crippen MR) is 118 cm³/mol. The van der Waals surface area contributed by atoms with Crippen LogP contribution in [0.3, 0.4) is 0 Å². The van der Waals surface area contributed by atoms with Gasteiger partial charge in [-0.25, -0.2) is 0 Å². The van der Waals surface area contributed by atoms with Crippen LogP contribution in [0.15, 0.2) is 58.1 Å². The van der Waals surface area contributed by atoms with Crippen LogP contribution in [-0.2, 0) is 12.0 Å². The average Bonchev–Trinajstić information content (AvgIpc) is 2.57. The van der Waals surface area contributed by atoms with E-state index in [0.29, 0.717) is 6.54 Å². The summed E-state index contributed by atoms with van der Waals surface area (Å²) in [5.41, 5.74) is 2.62. The Labute approximate surface area is 175 Å². The Bertz CT molecular complexity index is 702. The molecule has 134 valence electrons. The molecule has 3 rings (SSSR count). The van der Waals surface area contributed by atoms with Crippen molar-refractivity contribution in [2.75, 3.05) is 13.6 Å². The average molecular weight is 515 g/mol. The molecule has 0 saturated heterocycles. The third-order valence-electron chi connectivity index (χ3n) is 4.73. The molecule has 0 radical (unpaired) electrons. The molecular weight excluding hydrogens is 491 g/mol. The second kappa shape index (κ2) is 9.52. The molecule has 1 aliphatic rings. The van der Waals surface area contributed by atoms with E-state index in [1.807, 2.05) is 24.4 Å². The van der Waals surface area contributed by atoms with Crippen LogP contribution in [0, 0.1) is 0 Å². The zero-order valence-electron chi connectivity index (χ0n) is 14.3. The van der Waals surface area contributed by atoms with E-state index in [0.717, 1.165) is 22.7 Å². The normalized spacial score (nSPS) is 15.7. The summed E-state index contributed by atoms with van der Waals surface area (Å²) in [6.45, 7) is 1.57. The first-order valence-corrected chi connectivity index (χ1v) is 9.12. The van der Waals surface area contributed by atoms with Crippen LogP contribution in [0.4, 0.5) is 0 Å². The van der Waals surface area contributed by atoms with Crippen LogP contribution in [0.25, 0.3) is 0 Å². The van der Waals surface area contributed by atoms with Gasteiger partial charge in [0, 0.05) is 29.7 Å². The van der Waals surface area contributed by atoms with Crippen molar-refractivity contribution in [2.45, 2.75) is 31.2 Å². The lowest BCUT2D eigenvalue weighted by Gasteiger charge is -2.43. The smallest absolute Gasteiger partial charge is 0.191 e. The minimum Gasteiger partial charge on any atom is -0.356 e. The van der Waals surface area contributed by atoms with E-state index in [1.165, 1.54) is 24.8 Å². The third-order valence-corrected chi connectivity index (χ3v) is 5.22. The van der Waals surface area contributed by atoms with Crippen molar-refractivity contribution < 1.29 is 0 Å². The van der Waals surface area contributed by atoms with Crippen molar-refractivity contribution in [3.8, 4) is 0 Å². The van der Waals surface area contributed by atoms with Gasteiger partial charge in [-0.05, 0) is 42.7 Å². The van der Waals surface area contributed by atoms with E-state index in [9.17, 15) is 0 Å². The molecular formula is C19H24BrIN4. The summed E-state index contributed by atoms with van der Waals surface area (Å²) >= 11 is 3.59. The van der Waals surface area contributed by atoms with Gasteiger partial charge in [-0.1, -0.05) is 40.5 Å². The minimum absolute atomic E-state index is 0. The number of pyridine rings is 1. The molecule has 1 aromatic carbocycles. The standard InChI is InChI=1S/C19H23BrN4.HI/c1-21-18(23-13-17-8-2-3-11-22-17)24-14-19(9-5-10-19)15-6-4-7-16(20)12-15;/h2-4,6-8,11-12H,5,9-10,13-14H2,1H3,(H2,21,23,24);1H. The first-order chi connectivity index (χ1) is 11.7. The number of hydrogen-bond acceptors (Lipinski definition) is 2. The second-order valence-electron chi connectivity index (χ2n) is 6.24. The van der Waals surface area contributed by atoms with Crippen molar-refractivity contribution >= 4 is 45.9 Å². The molecule has 6 heteroatoms. The van der Waals surface area contributed by atoms with Crippen LogP contribution in [0.5, 0.6) is 0 Å². The SMILES string of the molecule is CN=C(NCc1ccccn1)NCC1(c2cccc(Br)c2)CCC1.I. The highest BCUT2D eigenvalue weighted by Gasteiger charge is 2.38. The number of nitrogens with one attached hydrogen (secondary N) is 2. The lowest BCUT2D eigenvalue weighted by Crippen LogP contribution is -2.48. The molecule has 0 aliphatic heterocycles. The van der Waals surface area contributed by atoms with Crippen molar-refractivity contribution in [1.29, 1.82) is 0 Å². The minimum atomic E-state index is 0. The summed E-state index contributed by atoms with van der Waals surface area (Å²) in [6, 6.07) is 14.6. The second-order valence-corrected chi connectivity index (χ2v) is 7.16. The Hall–Kier alpha value is -1.15. The van der Waals surface area contributed by atoms with E-state index in [4.69, 9.17) is 0 Å². The first kappa shape index (κ1) is 20.2. The number of aliphatic imine (C=N–C) groups is 1. The Balaban J connectivity index is 0.00000225. The van der Waals surface area contributed by atoms with Crippen LogP contribution in [-0.4, -0.2) is 24.5 Å². The molecule has 25 heavy (non-hydrogen) atoms. The van der Waals surface area contributed by atoms with Crippen molar-refractivity contribution in [2.24, 2.45) is 4.99 Å². The van der Waals surface area contributed by atoms with Crippen LogP contribution < -0.4 is 10.6 Å². The van der Waals surface area contributed by atoms with Gasteiger partial charge in [0.15, 0.2) is 5.96 Å². The fourth-order valence-electron chi connectivity index (χ4n) is 3.14. The lowest BCUT2D eigenvalue weighted by atomic mass is 9.64. The third kappa shape index (κ3) is 5.17. The zero-order valence-corrected chi connectivity index (χ0v) is 18.3. The van der Waals surface area contributed by atoms with Gasteiger partial charge < -0.3 is 10.6 Å². The molecule has 1 aromatic heterocycles. The van der Waals surface area contributed by atoms with Crippen LogP contribution in [0.1, 0.15) is 30.5 Å². The van der Waals surface area contributed by atoms with E-state index in [1.54, 1.807) is 7.05 Å². The molecule has 0 unspecified atom stereocenters. The van der Waals surface area contributed by atoms with Gasteiger partial charge in [0.2, 0.25) is 0 Å². The van der Waals surface area contributed by atoms with Gasteiger partial charge in [-0.3, -0.25) is 9.98 Å². The summed E-state index contributed by atoms with van der Waals surface area (Å²) < 4.78 is 1.14. The Morgan fingerprint density at radius 3 is 2.64 bits per heavy atom. The Morgan fingerprint density at radius 1 is 1.20 bits per heavy atom. The van der Waals surface area contributed by atoms with Gasteiger partial charge in [0.05, 0.1) is 12.2 Å². The van der Waals surface area contributed by atoms with Gasteiger partial charge in [-0.2, -0.15) is 0 Å². The zero-order chi connectivity index (χ0) is 16.8. The van der Waals surface area contributed by atoms with Crippen LogP contribution in [0.2, 0.25) is 0 Å². The topological polar surface area (TPSA) is 49.3 Å². The summed E-state index contributed by atoms with van der Waals surface area (Å²) in [5, 5.41) is 6.83. The van der Waals surface area contributed by atoms with Crippen LogP contribution >= 0.6 is 39.9 Å².